The molecule has 0 radical (unpaired) electrons. The van der Waals surface area contributed by atoms with E-state index >= 15 is 0 Å². The minimum absolute atomic E-state index is 0.0182. The van der Waals surface area contributed by atoms with Crippen LogP contribution in [0.4, 0.5) is 4.79 Å². The molecule has 1 N–H and O–H groups in total. The standard InChI is InChI=1S/C10H12N2O5S/c13-7-10(2-3-10)8(14)12(9(15)11-7)6-1-4-18(16,17)5-6/h6H,1-5H2,(H,11,13,15). The molecule has 7 nitrogen and oxygen atoms in total. The second kappa shape index (κ2) is 3.31. The number of nitrogens with one attached hydrogen (secondary N) is 1. The molecule has 0 aromatic heterocycles. The number of carbonyl (C=O) groups excluding carboxylic acids is 3. The molecule has 1 saturated carbocycles. The first-order chi connectivity index (χ1) is 8.36. The SMILES string of the molecule is O=C1NC(=O)C2(CC2)C(=O)N1C1CCS(=O)(=O)C1. The number of hydrogen-bond donors (Lipinski definition) is 1. The summed E-state index contributed by atoms with van der Waals surface area (Å²) in [6.07, 6.45) is 1.12. The first kappa shape index (κ1) is 11.6. The van der Waals surface area contributed by atoms with E-state index in [2.05, 4.69) is 5.32 Å². The predicted molar refractivity (Wildman–Crippen MR) is 59.1 cm³/mol. The van der Waals surface area contributed by atoms with Crippen LogP contribution in [0.1, 0.15) is 19.3 Å². The molecule has 0 aromatic carbocycles. The summed E-state index contributed by atoms with van der Waals surface area (Å²) in [4.78, 5) is 36.4. The Bertz CT molecular complexity index is 563. The molecule has 2 aliphatic heterocycles. The van der Waals surface area contributed by atoms with Gasteiger partial charge in [-0.2, -0.15) is 0 Å². The molecule has 3 fully saturated rings. The quantitative estimate of drug-likeness (QED) is 0.619. The van der Waals surface area contributed by atoms with E-state index in [9.17, 15) is 22.8 Å². The lowest BCUT2D eigenvalue weighted by Crippen LogP contribution is -2.62. The number of sulfone groups is 1. The largest absolute Gasteiger partial charge is 0.331 e. The minimum atomic E-state index is -3.18. The summed E-state index contributed by atoms with van der Waals surface area (Å²) >= 11 is 0. The molecule has 18 heavy (non-hydrogen) atoms. The van der Waals surface area contributed by atoms with E-state index in [1.165, 1.54) is 0 Å². The first-order valence-corrected chi connectivity index (χ1v) is 7.57. The van der Waals surface area contributed by atoms with Gasteiger partial charge in [0.1, 0.15) is 5.41 Å². The van der Waals surface area contributed by atoms with Gasteiger partial charge in [-0.05, 0) is 19.3 Å². The van der Waals surface area contributed by atoms with Crippen LogP contribution in [-0.2, 0) is 19.4 Å². The van der Waals surface area contributed by atoms with Crippen molar-refractivity contribution in [1.29, 1.82) is 0 Å². The number of imide groups is 2. The number of rotatable bonds is 1. The molecule has 3 rings (SSSR count). The van der Waals surface area contributed by atoms with E-state index in [1.807, 2.05) is 0 Å². The third-order valence-corrected chi connectivity index (χ3v) is 5.58. The predicted octanol–water partition coefficient (Wildman–Crippen LogP) is -0.968. The Morgan fingerprint density at radius 3 is 2.39 bits per heavy atom. The number of amides is 4. The molecule has 2 heterocycles. The monoisotopic (exact) mass is 272 g/mol. The zero-order chi connectivity index (χ0) is 13.1. The van der Waals surface area contributed by atoms with Gasteiger partial charge in [0, 0.05) is 0 Å². The van der Waals surface area contributed by atoms with Crippen LogP contribution in [0.3, 0.4) is 0 Å². The molecule has 2 saturated heterocycles. The fourth-order valence-electron chi connectivity index (χ4n) is 2.57. The van der Waals surface area contributed by atoms with Crippen molar-refractivity contribution in [3.8, 4) is 0 Å². The summed E-state index contributed by atoms with van der Waals surface area (Å²) < 4.78 is 22.8. The zero-order valence-corrected chi connectivity index (χ0v) is 10.3. The molecule has 1 spiro atoms. The summed E-state index contributed by atoms with van der Waals surface area (Å²) in [6.45, 7) is 0. The van der Waals surface area contributed by atoms with Gasteiger partial charge in [0.25, 0.3) is 0 Å². The lowest BCUT2D eigenvalue weighted by atomic mass is 10.0. The van der Waals surface area contributed by atoms with E-state index in [0.717, 1.165) is 4.90 Å². The summed E-state index contributed by atoms with van der Waals surface area (Å²) in [5, 5.41) is 2.15. The third kappa shape index (κ3) is 1.48. The summed E-state index contributed by atoms with van der Waals surface area (Å²) in [7, 11) is -3.18. The normalized spacial score (nSPS) is 32.8. The minimum Gasteiger partial charge on any atom is -0.277 e. The van der Waals surface area contributed by atoms with Crippen LogP contribution in [0.15, 0.2) is 0 Å². The molecular weight excluding hydrogens is 260 g/mol. The number of urea groups is 1. The van der Waals surface area contributed by atoms with Gasteiger partial charge in [0.2, 0.25) is 11.8 Å². The number of nitrogens with zero attached hydrogens (tertiary/aromatic N) is 1. The second-order valence-corrected chi connectivity index (χ2v) is 7.30. The van der Waals surface area contributed by atoms with Gasteiger partial charge in [0.15, 0.2) is 9.84 Å². The van der Waals surface area contributed by atoms with Gasteiger partial charge in [-0.1, -0.05) is 0 Å². The maximum absolute atomic E-state index is 12.2. The Balaban J connectivity index is 1.90. The summed E-state index contributed by atoms with van der Waals surface area (Å²) in [5.74, 6) is -1.29. The Morgan fingerprint density at radius 1 is 1.22 bits per heavy atom. The van der Waals surface area contributed by atoms with E-state index < -0.39 is 39.1 Å². The van der Waals surface area contributed by atoms with Gasteiger partial charge in [-0.15, -0.1) is 0 Å². The highest BCUT2D eigenvalue weighted by molar-refractivity contribution is 7.91. The molecule has 98 valence electrons. The molecule has 0 bridgehead atoms. The van der Waals surface area contributed by atoms with E-state index in [0.29, 0.717) is 12.8 Å². The van der Waals surface area contributed by atoms with Crippen LogP contribution in [-0.4, -0.2) is 48.7 Å². The fraction of sp³-hybridized carbons (Fsp3) is 0.700. The van der Waals surface area contributed by atoms with Crippen molar-refractivity contribution < 1.29 is 22.8 Å². The highest BCUT2D eigenvalue weighted by Gasteiger charge is 2.63. The van der Waals surface area contributed by atoms with Crippen LogP contribution in [0.5, 0.6) is 0 Å². The van der Waals surface area contributed by atoms with Crippen molar-refractivity contribution >= 4 is 27.7 Å². The molecule has 4 amide bonds. The van der Waals surface area contributed by atoms with Crippen LogP contribution >= 0.6 is 0 Å². The summed E-state index contributed by atoms with van der Waals surface area (Å²) in [5.41, 5.74) is -1.10. The van der Waals surface area contributed by atoms with E-state index in [4.69, 9.17) is 0 Å². The van der Waals surface area contributed by atoms with Gasteiger partial charge in [-0.3, -0.25) is 19.8 Å². The van der Waals surface area contributed by atoms with E-state index in [1.54, 1.807) is 0 Å². The van der Waals surface area contributed by atoms with Crippen molar-refractivity contribution in [2.45, 2.75) is 25.3 Å². The third-order valence-electron chi connectivity index (χ3n) is 3.83. The fourth-order valence-corrected chi connectivity index (χ4v) is 4.27. The number of hydrogen-bond acceptors (Lipinski definition) is 5. The topological polar surface area (TPSA) is 101 Å². The second-order valence-electron chi connectivity index (χ2n) is 5.07. The number of carbonyl (C=O) groups is 3. The Kier molecular flexibility index (Phi) is 2.14. The average Bonchev–Trinajstić information content (AvgIpc) is 2.98. The molecule has 0 aromatic rings. The van der Waals surface area contributed by atoms with Crippen molar-refractivity contribution in [2.75, 3.05) is 11.5 Å². The number of barbiturate groups is 1. The van der Waals surface area contributed by atoms with Gasteiger partial charge in [0.05, 0.1) is 17.5 Å². The van der Waals surface area contributed by atoms with Crippen LogP contribution in [0, 0.1) is 5.41 Å². The first-order valence-electron chi connectivity index (χ1n) is 5.75. The molecule has 1 aliphatic carbocycles. The zero-order valence-electron chi connectivity index (χ0n) is 9.51. The Morgan fingerprint density at radius 2 is 1.89 bits per heavy atom. The maximum atomic E-state index is 12.2. The smallest absolute Gasteiger partial charge is 0.277 e. The van der Waals surface area contributed by atoms with Crippen molar-refractivity contribution in [2.24, 2.45) is 5.41 Å². The van der Waals surface area contributed by atoms with Crippen molar-refractivity contribution in [1.82, 2.24) is 10.2 Å². The maximum Gasteiger partial charge on any atom is 0.331 e. The Labute approximate surface area is 103 Å². The van der Waals surface area contributed by atoms with Crippen molar-refractivity contribution in [3.05, 3.63) is 0 Å². The molecule has 1 atom stereocenters. The molecule has 8 heteroatoms. The van der Waals surface area contributed by atoms with Gasteiger partial charge < -0.3 is 0 Å². The molecule has 3 aliphatic rings. The average molecular weight is 272 g/mol. The Hall–Kier alpha value is -1.44. The molecular formula is C10H12N2O5S. The van der Waals surface area contributed by atoms with Crippen LogP contribution in [0.2, 0.25) is 0 Å². The lowest BCUT2D eigenvalue weighted by Gasteiger charge is -2.33. The van der Waals surface area contributed by atoms with Crippen LogP contribution in [0.25, 0.3) is 0 Å². The van der Waals surface area contributed by atoms with Crippen LogP contribution < -0.4 is 5.32 Å². The molecule has 1 unspecified atom stereocenters. The lowest BCUT2D eigenvalue weighted by molar-refractivity contribution is -0.145. The van der Waals surface area contributed by atoms with Crippen molar-refractivity contribution in [3.63, 3.8) is 0 Å². The highest BCUT2D eigenvalue weighted by Crippen LogP contribution is 2.49. The van der Waals surface area contributed by atoms with Gasteiger partial charge in [-0.25, -0.2) is 13.2 Å². The summed E-state index contributed by atoms with van der Waals surface area (Å²) in [6, 6.07) is -1.42. The van der Waals surface area contributed by atoms with Gasteiger partial charge >= 0.3 is 6.03 Å². The highest BCUT2D eigenvalue weighted by atomic mass is 32.2. The van der Waals surface area contributed by atoms with E-state index in [-0.39, 0.29) is 17.9 Å².